The molecule has 0 aliphatic rings. The topological polar surface area (TPSA) is 35.8 Å². The van der Waals surface area contributed by atoms with E-state index < -0.39 is 8.07 Å². The van der Waals surface area contributed by atoms with Crippen molar-refractivity contribution < 1.29 is 0 Å². The van der Waals surface area contributed by atoms with Gasteiger partial charge in [0.15, 0.2) is 0 Å². The van der Waals surface area contributed by atoms with Crippen molar-refractivity contribution in [1.29, 1.82) is 5.26 Å². The van der Waals surface area contributed by atoms with Gasteiger partial charge in [-0.1, -0.05) is 60.7 Å². The van der Waals surface area contributed by atoms with Gasteiger partial charge in [-0.15, -0.1) is 0 Å². The monoisotopic (exact) mass is 302 g/mol. The van der Waals surface area contributed by atoms with Gasteiger partial charge in [0.05, 0.1) is 19.7 Å². The van der Waals surface area contributed by atoms with Crippen LogP contribution in [0, 0.1) is 11.3 Å². The normalized spacial score (nSPS) is 10.2. The van der Waals surface area contributed by atoms with Crippen molar-refractivity contribution >= 4 is 24.4 Å². The average molecular weight is 302 g/mol. The number of benzene rings is 3. The average Bonchev–Trinajstić information content (AvgIpc) is 2.62. The fraction of sp³-hybridized carbons (Fsp3) is 0. The van der Waals surface area contributed by atoms with E-state index in [1.165, 1.54) is 10.6 Å². The van der Waals surface area contributed by atoms with E-state index >= 15 is 0 Å². The Labute approximate surface area is 131 Å². The largest absolute Gasteiger partial charge is 0.357 e. The number of nitrogens with zero attached hydrogens (tertiary/aromatic N) is 1. The van der Waals surface area contributed by atoms with Gasteiger partial charge in [-0.05, 0) is 24.3 Å². The molecule has 3 rings (SSSR count). The lowest BCUT2D eigenvalue weighted by molar-refractivity contribution is 1.48. The van der Waals surface area contributed by atoms with Crippen LogP contribution in [0.4, 0.5) is 5.69 Å². The molecule has 0 saturated heterocycles. The van der Waals surface area contributed by atoms with Crippen LogP contribution in [-0.4, -0.2) is 0 Å². The van der Waals surface area contributed by atoms with Crippen LogP contribution in [0.3, 0.4) is 0 Å². The van der Waals surface area contributed by atoms with Crippen LogP contribution in [0.15, 0.2) is 84.9 Å². The highest BCUT2D eigenvalue weighted by atomic mass is 31.1. The molecule has 0 bridgehead atoms. The molecule has 3 heteroatoms. The summed E-state index contributed by atoms with van der Waals surface area (Å²) in [5, 5.41) is 15.1. The van der Waals surface area contributed by atoms with Crippen LogP contribution >= 0.6 is 8.07 Å². The van der Waals surface area contributed by atoms with Gasteiger partial charge in [-0.2, -0.15) is 5.26 Å². The van der Waals surface area contributed by atoms with E-state index in [1.807, 2.05) is 36.4 Å². The van der Waals surface area contributed by atoms with E-state index in [0.717, 1.165) is 5.69 Å². The molecule has 0 aromatic heterocycles. The predicted octanol–water partition coefficient (Wildman–Crippen LogP) is 4.02. The van der Waals surface area contributed by atoms with Crippen LogP contribution < -0.4 is 15.7 Å². The molecular formula is C19H15N2P. The van der Waals surface area contributed by atoms with Crippen LogP contribution in [0.1, 0.15) is 5.56 Å². The Morgan fingerprint density at radius 2 is 1.18 bits per heavy atom. The summed E-state index contributed by atoms with van der Waals surface area (Å²) in [7, 11) is -0.674. The minimum atomic E-state index is -0.674. The second-order valence-electron chi connectivity index (χ2n) is 4.81. The quantitative estimate of drug-likeness (QED) is 0.739. The van der Waals surface area contributed by atoms with Crippen molar-refractivity contribution in [2.45, 2.75) is 0 Å². The van der Waals surface area contributed by atoms with Gasteiger partial charge < -0.3 is 5.09 Å². The molecule has 0 amide bonds. The Kier molecular flexibility index (Phi) is 4.49. The molecule has 0 aliphatic carbocycles. The van der Waals surface area contributed by atoms with Crippen molar-refractivity contribution in [2.75, 3.05) is 5.09 Å². The maximum absolute atomic E-state index is 8.90. The maximum atomic E-state index is 8.90. The van der Waals surface area contributed by atoms with Crippen molar-refractivity contribution in [2.24, 2.45) is 0 Å². The summed E-state index contributed by atoms with van der Waals surface area (Å²) in [4.78, 5) is 0. The Morgan fingerprint density at radius 1 is 0.682 bits per heavy atom. The fourth-order valence-electron chi connectivity index (χ4n) is 2.18. The van der Waals surface area contributed by atoms with Gasteiger partial charge in [0.25, 0.3) is 0 Å². The molecule has 22 heavy (non-hydrogen) atoms. The summed E-state index contributed by atoms with van der Waals surface area (Å²) in [6.45, 7) is 0. The highest BCUT2D eigenvalue weighted by Crippen LogP contribution is 2.34. The van der Waals surface area contributed by atoms with Gasteiger partial charge >= 0.3 is 0 Å². The van der Waals surface area contributed by atoms with Gasteiger partial charge in [0, 0.05) is 16.3 Å². The first-order valence-corrected chi connectivity index (χ1v) is 8.38. The van der Waals surface area contributed by atoms with E-state index in [0.29, 0.717) is 5.56 Å². The van der Waals surface area contributed by atoms with Crippen molar-refractivity contribution in [1.82, 2.24) is 0 Å². The summed E-state index contributed by atoms with van der Waals surface area (Å²) < 4.78 is 0. The highest BCUT2D eigenvalue weighted by molar-refractivity contribution is 7.74. The minimum absolute atomic E-state index is 0.674. The molecule has 0 atom stereocenters. The Bertz CT molecular complexity index is 723. The zero-order valence-corrected chi connectivity index (χ0v) is 12.9. The molecule has 3 aromatic rings. The van der Waals surface area contributed by atoms with Crippen LogP contribution in [0.2, 0.25) is 0 Å². The molecule has 1 N–H and O–H groups in total. The van der Waals surface area contributed by atoms with Crippen LogP contribution in [0.5, 0.6) is 0 Å². The lowest BCUT2D eigenvalue weighted by atomic mass is 10.2. The number of hydrogen-bond donors (Lipinski definition) is 1. The Morgan fingerprint density at radius 3 is 1.64 bits per heavy atom. The third kappa shape index (κ3) is 3.34. The van der Waals surface area contributed by atoms with Gasteiger partial charge in [-0.3, -0.25) is 0 Å². The summed E-state index contributed by atoms with van der Waals surface area (Å²) >= 11 is 0. The molecule has 106 valence electrons. The molecule has 0 saturated carbocycles. The second kappa shape index (κ2) is 6.89. The van der Waals surface area contributed by atoms with Gasteiger partial charge in [0.1, 0.15) is 0 Å². The third-order valence-electron chi connectivity index (χ3n) is 3.28. The van der Waals surface area contributed by atoms with Crippen molar-refractivity contribution in [3.05, 3.63) is 90.5 Å². The van der Waals surface area contributed by atoms with E-state index in [-0.39, 0.29) is 0 Å². The van der Waals surface area contributed by atoms with E-state index in [2.05, 4.69) is 59.7 Å². The Balaban J connectivity index is 1.94. The summed E-state index contributed by atoms with van der Waals surface area (Å²) in [5.41, 5.74) is 1.70. The third-order valence-corrected chi connectivity index (χ3v) is 5.39. The van der Waals surface area contributed by atoms with E-state index in [9.17, 15) is 0 Å². The highest BCUT2D eigenvalue weighted by Gasteiger charge is 2.13. The van der Waals surface area contributed by atoms with Gasteiger partial charge in [-0.25, -0.2) is 0 Å². The van der Waals surface area contributed by atoms with Crippen LogP contribution in [0.25, 0.3) is 0 Å². The molecule has 2 nitrogen and oxygen atoms in total. The van der Waals surface area contributed by atoms with Crippen molar-refractivity contribution in [3.63, 3.8) is 0 Å². The number of anilines is 1. The van der Waals surface area contributed by atoms with Crippen LogP contribution in [-0.2, 0) is 0 Å². The number of rotatable bonds is 4. The molecular weight excluding hydrogens is 287 g/mol. The molecule has 0 aliphatic heterocycles. The van der Waals surface area contributed by atoms with E-state index in [4.69, 9.17) is 5.26 Å². The number of nitriles is 1. The number of hydrogen-bond acceptors (Lipinski definition) is 2. The molecule has 0 unspecified atom stereocenters. The summed E-state index contributed by atoms with van der Waals surface area (Å²) in [5.74, 6) is 0. The standard InChI is InChI=1S/C19H15N2P/c20-15-16-11-13-17(14-12-16)21-22(18-7-3-1-4-8-18)19-9-5-2-6-10-19/h1-14,21H. The first-order chi connectivity index (χ1) is 10.9. The Hall–Kier alpha value is -2.62. The van der Waals surface area contributed by atoms with Crippen molar-refractivity contribution in [3.8, 4) is 6.07 Å². The smallest absolute Gasteiger partial charge is 0.0991 e. The lowest BCUT2D eigenvalue weighted by Crippen LogP contribution is -2.16. The zero-order chi connectivity index (χ0) is 15.2. The van der Waals surface area contributed by atoms with E-state index in [1.54, 1.807) is 0 Å². The summed E-state index contributed by atoms with van der Waals surface area (Å²) in [6.07, 6.45) is 0. The lowest BCUT2D eigenvalue weighted by Gasteiger charge is -2.20. The molecule has 3 aromatic carbocycles. The fourth-order valence-corrected chi connectivity index (χ4v) is 4.08. The predicted molar refractivity (Wildman–Crippen MR) is 93.9 cm³/mol. The molecule has 0 radical (unpaired) electrons. The zero-order valence-electron chi connectivity index (χ0n) is 12.0. The second-order valence-corrected chi connectivity index (χ2v) is 6.73. The minimum Gasteiger partial charge on any atom is -0.357 e. The van der Waals surface area contributed by atoms with Gasteiger partial charge in [0.2, 0.25) is 0 Å². The number of nitrogens with one attached hydrogen (secondary N) is 1. The maximum Gasteiger partial charge on any atom is 0.0991 e. The molecule has 0 fully saturated rings. The molecule has 0 spiro atoms. The first-order valence-electron chi connectivity index (χ1n) is 7.04. The first kappa shape index (κ1) is 14.3. The molecule has 0 heterocycles. The SMILES string of the molecule is N#Cc1ccc(NP(c2ccccc2)c2ccccc2)cc1. The summed E-state index contributed by atoms with van der Waals surface area (Å²) in [6, 6.07) is 30.7.